The number of aromatic nitrogens is 2. The van der Waals surface area contributed by atoms with Gasteiger partial charge < -0.3 is 15.7 Å². The quantitative estimate of drug-likeness (QED) is 0.829. The SMILES string of the molecule is C[C@H]1CN(c2cc(-c3ccccc3O)nnc2N)C[C@H](C)N1S(C)(=O)=O. The highest BCUT2D eigenvalue weighted by atomic mass is 32.2. The van der Waals surface area contributed by atoms with E-state index < -0.39 is 10.0 Å². The molecule has 8 nitrogen and oxygen atoms in total. The van der Waals surface area contributed by atoms with Gasteiger partial charge in [-0.2, -0.15) is 4.31 Å². The lowest BCUT2D eigenvalue weighted by Crippen LogP contribution is -2.58. The molecule has 3 rings (SSSR count). The number of hydrogen-bond acceptors (Lipinski definition) is 7. The van der Waals surface area contributed by atoms with Crippen LogP contribution >= 0.6 is 0 Å². The maximum absolute atomic E-state index is 12.0. The second kappa shape index (κ2) is 6.73. The van der Waals surface area contributed by atoms with E-state index in [0.29, 0.717) is 30.0 Å². The summed E-state index contributed by atoms with van der Waals surface area (Å²) >= 11 is 0. The molecule has 26 heavy (non-hydrogen) atoms. The lowest BCUT2D eigenvalue weighted by molar-refractivity contribution is 0.243. The number of anilines is 2. The Balaban J connectivity index is 1.95. The molecule has 1 aromatic carbocycles. The van der Waals surface area contributed by atoms with Gasteiger partial charge in [0.2, 0.25) is 10.0 Å². The highest BCUT2D eigenvalue weighted by Crippen LogP contribution is 2.33. The molecule has 2 aromatic rings. The average molecular weight is 377 g/mol. The maximum Gasteiger partial charge on any atom is 0.211 e. The summed E-state index contributed by atoms with van der Waals surface area (Å²) in [6.07, 6.45) is 1.23. The normalized spacial score (nSPS) is 21.7. The number of nitrogens with zero attached hydrogens (tertiary/aromatic N) is 4. The number of phenols is 1. The molecule has 0 bridgehead atoms. The second-order valence-corrected chi connectivity index (χ2v) is 8.60. The molecule has 2 atom stereocenters. The van der Waals surface area contributed by atoms with Gasteiger partial charge in [0.15, 0.2) is 5.82 Å². The van der Waals surface area contributed by atoms with Crippen LogP contribution in [0.3, 0.4) is 0 Å². The van der Waals surface area contributed by atoms with Crippen molar-refractivity contribution in [1.82, 2.24) is 14.5 Å². The molecule has 1 aromatic heterocycles. The molecule has 0 radical (unpaired) electrons. The first kappa shape index (κ1) is 18.4. The minimum absolute atomic E-state index is 0.112. The van der Waals surface area contributed by atoms with Crippen molar-refractivity contribution in [1.29, 1.82) is 0 Å². The smallest absolute Gasteiger partial charge is 0.211 e. The number of hydrogen-bond donors (Lipinski definition) is 2. The summed E-state index contributed by atoms with van der Waals surface area (Å²) in [4.78, 5) is 2.02. The Morgan fingerprint density at radius 1 is 1.15 bits per heavy atom. The van der Waals surface area contributed by atoms with Gasteiger partial charge in [-0.15, -0.1) is 10.2 Å². The van der Waals surface area contributed by atoms with Crippen molar-refractivity contribution in [2.75, 3.05) is 30.0 Å². The number of benzene rings is 1. The van der Waals surface area contributed by atoms with Crippen molar-refractivity contribution in [2.45, 2.75) is 25.9 Å². The van der Waals surface area contributed by atoms with Crippen LogP contribution in [0.25, 0.3) is 11.3 Å². The Morgan fingerprint density at radius 2 is 1.77 bits per heavy atom. The van der Waals surface area contributed by atoms with Gasteiger partial charge in [-0.3, -0.25) is 0 Å². The lowest BCUT2D eigenvalue weighted by atomic mass is 10.1. The molecular formula is C17H23N5O3S. The molecule has 0 unspecified atom stereocenters. The number of nitrogen functional groups attached to an aromatic ring is 1. The van der Waals surface area contributed by atoms with Crippen molar-refractivity contribution >= 4 is 21.5 Å². The maximum atomic E-state index is 12.0. The second-order valence-electron chi connectivity index (χ2n) is 6.71. The van der Waals surface area contributed by atoms with Crippen LogP contribution in [0, 0.1) is 0 Å². The van der Waals surface area contributed by atoms with Crippen LogP contribution in [0.15, 0.2) is 30.3 Å². The first-order valence-electron chi connectivity index (χ1n) is 8.33. The van der Waals surface area contributed by atoms with Gasteiger partial charge in [-0.05, 0) is 32.0 Å². The van der Waals surface area contributed by atoms with E-state index in [0.717, 1.165) is 0 Å². The van der Waals surface area contributed by atoms with Crippen molar-refractivity contribution in [3.8, 4) is 17.0 Å². The molecule has 2 heterocycles. The summed E-state index contributed by atoms with van der Waals surface area (Å²) in [7, 11) is -3.28. The first-order chi connectivity index (χ1) is 12.2. The van der Waals surface area contributed by atoms with Gasteiger partial charge in [-0.1, -0.05) is 12.1 Å². The van der Waals surface area contributed by atoms with Gasteiger partial charge in [-0.25, -0.2) is 8.42 Å². The fourth-order valence-corrected chi connectivity index (χ4v) is 5.07. The molecule has 1 fully saturated rings. The molecule has 9 heteroatoms. The van der Waals surface area contributed by atoms with Crippen molar-refractivity contribution in [3.63, 3.8) is 0 Å². The van der Waals surface area contributed by atoms with Crippen molar-refractivity contribution < 1.29 is 13.5 Å². The van der Waals surface area contributed by atoms with Gasteiger partial charge in [0, 0.05) is 30.7 Å². The molecule has 1 aliphatic heterocycles. The fraction of sp³-hybridized carbons (Fsp3) is 0.412. The number of sulfonamides is 1. The number of para-hydroxylation sites is 1. The van der Waals surface area contributed by atoms with Gasteiger partial charge in [0.05, 0.1) is 17.6 Å². The Kier molecular flexibility index (Phi) is 4.76. The summed E-state index contributed by atoms with van der Waals surface area (Å²) in [6, 6.07) is 8.27. The van der Waals surface area contributed by atoms with Gasteiger partial charge in [0.1, 0.15) is 5.75 Å². The van der Waals surface area contributed by atoms with E-state index >= 15 is 0 Å². The third-order valence-electron chi connectivity index (χ3n) is 4.54. The van der Waals surface area contributed by atoms with Gasteiger partial charge >= 0.3 is 0 Å². The number of nitrogens with two attached hydrogens (primary N) is 1. The van der Waals surface area contributed by atoms with Crippen LogP contribution in [0.5, 0.6) is 5.75 Å². The van der Waals surface area contributed by atoms with Crippen LogP contribution in [-0.4, -0.2) is 59.5 Å². The van der Waals surface area contributed by atoms with Crippen LogP contribution in [0.2, 0.25) is 0 Å². The highest BCUT2D eigenvalue weighted by molar-refractivity contribution is 7.88. The first-order valence-corrected chi connectivity index (χ1v) is 10.2. The minimum Gasteiger partial charge on any atom is -0.507 e. The Bertz CT molecular complexity index is 906. The Hall–Kier alpha value is -2.39. The van der Waals surface area contributed by atoms with E-state index in [4.69, 9.17) is 5.73 Å². The monoisotopic (exact) mass is 377 g/mol. The number of phenolic OH excluding ortho intramolecular Hbond substituents is 1. The zero-order valence-electron chi connectivity index (χ0n) is 15.0. The number of aromatic hydroxyl groups is 1. The van der Waals surface area contributed by atoms with Crippen molar-refractivity contribution in [3.05, 3.63) is 30.3 Å². The average Bonchev–Trinajstić information content (AvgIpc) is 2.54. The third-order valence-corrected chi connectivity index (χ3v) is 6.03. The van der Waals surface area contributed by atoms with Gasteiger partial charge in [0.25, 0.3) is 0 Å². The topological polar surface area (TPSA) is 113 Å². The molecular weight excluding hydrogens is 354 g/mol. The van der Waals surface area contributed by atoms with Crippen LogP contribution in [-0.2, 0) is 10.0 Å². The van der Waals surface area contributed by atoms with Crippen LogP contribution < -0.4 is 10.6 Å². The van der Waals surface area contributed by atoms with E-state index in [9.17, 15) is 13.5 Å². The van der Waals surface area contributed by atoms with E-state index in [1.165, 1.54) is 10.6 Å². The molecule has 0 amide bonds. The van der Waals surface area contributed by atoms with E-state index in [2.05, 4.69) is 10.2 Å². The summed E-state index contributed by atoms with van der Waals surface area (Å²) in [5.74, 6) is 0.387. The van der Waals surface area contributed by atoms with E-state index in [-0.39, 0.29) is 23.7 Å². The minimum atomic E-state index is -3.28. The lowest BCUT2D eigenvalue weighted by Gasteiger charge is -2.43. The predicted molar refractivity (Wildman–Crippen MR) is 101 cm³/mol. The summed E-state index contributed by atoms with van der Waals surface area (Å²) in [5, 5.41) is 18.2. The predicted octanol–water partition coefficient (Wildman–Crippen LogP) is 1.29. The van der Waals surface area contributed by atoms with E-state index in [1.807, 2.05) is 24.8 Å². The van der Waals surface area contributed by atoms with E-state index in [1.54, 1.807) is 24.3 Å². The number of piperazine rings is 1. The molecule has 0 saturated carbocycles. The molecule has 0 aliphatic carbocycles. The number of rotatable bonds is 3. The third kappa shape index (κ3) is 3.45. The molecule has 3 N–H and O–H groups in total. The zero-order chi connectivity index (χ0) is 19.1. The standard InChI is InChI=1S/C17H23N5O3S/c1-11-9-21(10-12(2)22(11)26(3,24)25)15-8-14(19-20-17(15)18)13-6-4-5-7-16(13)23/h4-8,11-12,23H,9-10H2,1-3H3,(H2,18,20)/t11-,12-/m0/s1. The summed E-state index contributed by atoms with van der Waals surface area (Å²) in [6.45, 7) is 4.73. The molecule has 140 valence electrons. The van der Waals surface area contributed by atoms with Crippen LogP contribution in [0.1, 0.15) is 13.8 Å². The Labute approximate surface area is 153 Å². The van der Waals surface area contributed by atoms with Crippen LogP contribution in [0.4, 0.5) is 11.5 Å². The molecule has 1 aliphatic rings. The zero-order valence-corrected chi connectivity index (χ0v) is 15.8. The molecule has 1 saturated heterocycles. The highest BCUT2D eigenvalue weighted by Gasteiger charge is 2.36. The molecule has 0 spiro atoms. The largest absolute Gasteiger partial charge is 0.507 e. The fourth-order valence-electron chi connectivity index (χ4n) is 3.62. The summed E-state index contributed by atoms with van der Waals surface area (Å²) in [5.41, 5.74) is 7.80. The van der Waals surface area contributed by atoms with Crippen molar-refractivity contribution in [2.24, 2.45) is 0 Å². The summed E-state index contributed by atoms with van der Waals surface area (Å²) < 4.78 is 25.6. The Morgan fingerprint density at radius 3 is 2.35 bits per heavy atom.